The second kappa shape index (κ2) is 5.78. The van der Waals surface area contributed by atoms with Crippen LogP contribution in [0.25, 0.3) is 0 Å². The third kappa shape index (κ3) is 3.27. The first-order valence-corrected chi connectivity index (χ1v) is 7.71. The van der Waals surface area contributed by atoms with Crippen LogP contribution in [0.3, 0.4) is 0 Å². The van der Waals surface area contributed by atoms with Gasteiger partial charge >= 0.3 is 0 Å². The number of nitrogens with one attached hydrogen (secondary N) is 2. The first-order chi connectivity index (χ1) is 9.41. The largest absolute Gasteiger partial charge is 0.495 e. The van der Waals surface area contributed by atoms with Gasteiger partial charge in [-0.05, 0) is 37.6 Å². The molecule has 2 rings (SSSR count). The molecule has 0 bridgehead atoms. The van der Waals surface area contributed by atoms with Gasteiger partial charge in [0.05, 0.1) is 23.7 Å². The molecule has 1 saturated heterocycles. The van der Waals surface area contributed by atoms with E-state index in [0.29, 0.717) is 5.75 Å². The van der Waals surface area contributed by atoms with Crippen molar-refractivity contribution in [2.24, 2.45) is 5.14 Å². The van der Waals surface area contributed by atoms with Crippen molar-refractivity contribution in [1.82, 2.24) is 5.32 Å². The fourth-order valence-electron chi connectivity index (χ4n) is 2.09. The van der Waals surface area contributed by atoms with E-state index in [1.54, 1.807) is 0 Å². The molecule has 1 aromatic rings. The van der Waals surface area contributed by atoms with Crippen molar-refractivity contribution in [2.45, 2.75) is 23.8 Å². The highest BCUT2D eigenvalue weighted by Crippen LogP contribution is 2.27. The van der Waals surface area contributed by atoms with E-state index in [4.69, 9.17) is 9.88 Å². The number of methoxy groups -OCH3 is 1. The average Bonchev–Trinajstić information content (AvgIpc) is 2.91. The molecule has 0 aromatic heterocycles. The molecule has 1 fully saturated rings. The molecule has 0 unspecified atom stereocenters. The summed E-state index contributed by atoms with van der Waals surface area (Å²) in [5.74, 6) is 0.163. The quantitative estimate of drug-likeness (QED) is 0.726. The summed E-state index contributed by atoms with van der Waals surface area (Å²) >= 11 is 0. The van der Waals surface area contributed by atoms with Crippen LogP contribution in [-0.4, -0.2) is 34.0 Å². The van der Waals surface area contributed by atoms with E-state index >= 15 is 0 Å². The van der Waals surface area contributed by atoms with Gasteiger partial charge in [-0.15, -0.1) is 0 Å². The molecule has 1 aromatic carbocycles. The Bertz CT molecular complexity index is 609. The van der Waals surface area contributed by atoms with Gasteiger partial charge in [-0.3, -0.25) is 4.79 Å². The number of carbonyl (C=O) groups is 1. The van der Waals surface area contributed by atoms with Gasteiger partial charge in [-0.25, -0.2) is 13.6 Å². The number of hydrogen-bond acceptors (Lipinski definition) is 5. The Kier molecular flexibility index (Phi) is 4.26. The molecule has 0 spiro atoms. The Morgan fingerprint density at radius 2 is 2.25 bits per heavy atom. The molecule has 20 heavy (non-hydrogen) atoms. The Morgan fingerprint density at radius 1 is 1.50 bits per heavy atom. The Labute approximate surface area is 117 Å². The van der Waals surface area contributed by atoms with Crippen molar-refractivity contribution in [3.05, 3.63) is 18.2 Å². The standard InChI is InChI=1S/C12H17N3O4S/c1-19-11-5-4-8(20(13,17)18)7-10(11)15-12(16)9-3-2-6-14-9/h4-5,7,9,14H,2-3,6H2,1H3,(H,15,16)(H2,13,17,18)/t9-/m1/s1. The average molecular weight is 299 g/mol. The van der Waals surface area contributed by atoms with Crippen LogP contribution in [0.1, 0.15) is 12.8 Å². The maximum absolute atomic E-state index is 12.0. The van der Waals surface area contributed by atoms with Crippen molar-refractivity contribution in [3.63, 3.8) is 0 Å². The SMILES string of the molecule is COc1ccc(S(N)(=O)=O)cc1NC(=O)[C@H]1CCCN1. The highest BCUT2D eigenvalue weighted by atomic mass is 32.2. The zero-order valence-corrected chi connectivity index (χ0v) is 11.9. The van der Waals surface area contributed by atoms with Crippen molar-refractivity contribution in [2.75, 3.05) is 19.0 Å². The van der Waals surface area contributed by atoms with Gasteiger partial charge < -0.3 is 15.4 Å². The summed E-state index contributed by atoms with van der Waals surface area (Å²) < 4.78 is 27.8. The van der Waals surface area contributed by atoms with E-state index in [0.717, 1.165) is 19.4 Å². The molecule has 1 aliphatic heterocycles. The van der Waals surface area contributed by atoms with Gasteiger partial charge in [-0.1, -0.05) is 0 Å². The summed E-state index contributed by atoms with van der Waals surface area (Å²) in [5.41, 5.74) is 0.290. The number of amides is 1. The third-order valence-corrected chi connectivity index (χ3v) is 4.05. The Morgan fingerprint density at radius 3 is 2.80 bits per heavy atom. The first kappa shape index (κ1) is 14.8. The van der Waals surface area contributed by atoms with Crippen LogP contribution in [0.2, 0.25) is 0 Å². The lowest BCUT2D eigenvalue weighted by Gasteiger charge is -2.14. The molecule has 1 amide bonds. The van der Waals surface area contributed by atoms with Gasteiger partial charge in [-0.2, -0.15) is 0 Å². The van der Waals surface area contributed by atoms with E-state index in [1.807, 2.05) is 0 Å². The number of rotatable bonds is 4. The Hall–Kier alpha value is -1.64. The zero-order valence-electron chi connectivity index (χ0n) is 11.0. The summed E-state index contributed by atoms with van der Waals surface area (Å²) in [6, 6.07) is 3.81. The molecule has 0 saturated carbocycles. The highest BCUT2D eigenvalue weighted by molar-refractivity contribution is 7.89. The van der Waals surface area contributed by atoms with Crippen molar-refractivity contribution in [1.29, 1.82) is 0 Å². The second-order valence-corrected chi connectivity index (χ2v) is 6.11. The van der Waals surface area contributed by atoms with Crippen molar-refractivity contribution >= 4 is 21.6 Å². The molecule has 1 heterocycles. The maximum Gasteiger partial charge on any atom is 0.241 e. The summed E-state index contributed by atoms with van der Waals surface area (Å²) in [7, 11) is -2.39. The van der Waals surface area contributed by atoms with Crippen LogP contribution in [0, 0.1) is 0 Å². The van der Waals surface area contributed by atoms with Crippen LogP contribution in [0.5, 0.6) is 5.75 Å². The number of benzene rings is 1. The lowest BCUT2D eigenvalue weighted by atomic mass is 10.2. The minimum Gasteiger partial charge on any atom is -0.495 e. The minimum atomic E-state index is -3.83. The molecule has 110 valence electrons. The predicted octanol–water partition coefficient (Wildman–Crippen LogP) is 0.0331. The second-order valence-electron chi connectivity index (χ2n) is 4.55. The van der Waals surface area contributed by atoms with Gasteiger partial charge in [0, 0.05) is 0 Å². The zero-order chi connectivity index (χ0) is 14.8. The summed E-state index contributed by atoms with van der Waals surface area (Å²) in [4.78, 5) is 12.0. The predicted molar refractivity (Wildman–Crippen MR) is 74.0 cm³/mol. The Balaban J connectivity index is 2.26. The van der Waals surface area contributed by atoms with Gasteiger partial charge in [0.25, 0.3) is 0 Å². The van der Waals surface area contributed by atoms with Gasteiger partial charge in [0.2, 0.25) is 15.9 Å². The molecule has 1 aliphatic rings. The lowest BCUT2D eigenvalue weighted by molar-refractivity contribution is -0.117. The normalized spacial score (nSPS) is 18.8. The number of primary sulfonamides is 1. The highest BCUT2D eigenvalue weighted by Gasteiger charge is 2.23. The van der Waals surface area contributed by atoms with E-state index in [2.05, 4.69) is 10.6 Å². The van der Waals surface area contributed by atoms with E-state index in [9.17, 15) is 13.2 Å². The number of hydrogen-bond donors (Lipinski definition) is 3. The number of carbonyl (C=O) groups excluding carboxylic acids is 1. The van der Waals surface area contributed by atoms with Crippen LogP contribution < -0.4 is 20.5 Å². The molecule has 7 nitrogen and oxygen atoms in total. The van der Waals surface area contributed by atoms with Crippen LogP contribution in [-0.2, 0) is 14.8 Å². The fraction of sp³-hybridized carbons (Fsp3) is 0.417. The summed E-state index contributed by atoms with van der Waals surface area (Å²) in [6.07, 6.45) is 1.69. The minimum absolute atomic E-state index is 0.0759. The van der Waals surface area contributed by atoms with Crippen LogP contribution in [0.4, 0.5) is 5.69 Å². The fourth-order valence-corrected chi connectivity index (χ4v) is 2.63. The number of nitrogens with two attached hydrogens (primary N) is 1. The van der Waals surface area contributed by atoms with E-state index in [1.165, 1.54) is 25.3 Å². The number of ether oxygens (including phenoxy) is 1. The molecular weight excluding hydrogens is 282 g/mol. The van der Waals surface area contributed by atoms with Crippen molar-refractivity contribution < 1.29 is 17.9 Å². The maximum atomic E-state index is 12.0. The first-order valence-electron chi connectivity index (χ1n) is 6.17. The molecule has 0 radical (unpaired) electrons. The monoisotopic (exact) mass is 299 g/mol. The van der Waals surface area contributed by atoms with Gasteiger partial charge in [0.15, 0.2) is 0 Å². The van der Waals surface area contributed by atoms with E-state index < -0.39 is 10.0 Å². The van der Waals surface area contributed by atoms with Gasteiger partial charge in [0.1, 0.15) is 5.75 Å². The molecule has 1 atom stereocenters. The summed E-state index contributed by atoms with van der Waals surface area (Å²) in [5, 5.41) is 10.8. The molecule has 0 aliphatic carbocycles. The third-order valence-electron chi connectivity index (χ3n) is 3.13. The topological polar surface area (TPSA) is 111 Å². The van der Waals surface area contributed by atoms with Crippen LogP contribution in [0.15, 0.2) is 23.1 Å². The smallest absolute Gasteiger partial charge is 0.241 e. The summed E-state index contributed by atoms with van der Waals surface area (Å²) in [6.45, 7) is 0.798. The molecular formula is C12H17N3O4S. The number of sulfonamides is 1. The number of anilines is 1. The lowest BCUT2D eigenvalue weighted by Crippen LogP contribution is -2.35. The van der Waals surface area contributed by atoms with E-state index in [-0.39, 0.29) is 22.5 Å². The van der Waals surface area contributed by atoms with Crippen molar-refractivity contribution in [3.8, 4) is 5.75 Å². The van der Waals surface area contributed by atoms with Crippen LogP contribution >= 0.6 is 0 Å². The molecule has 8 heteroatoms. The molecule has 4 N–H and O–H groups in total.